The van der Waals surface area contributed by atoms with Crippen LogP contribution in [0.5, 0.6) is 5.75 Å². The quantitative estimate of drug-likeness (QED) is 0.680. The molecule has 0 saturated heterocycles. The first-order valence-corrected chi connectivity index (χ1v) is 9.71. The van der Waals surface area contributed by atoms with Crippen LogP contribution >= 0.6 is 0 Å². The summed E-state index contributed by atoms with van der Waals surface area (Å²) in [7, 11) is -1.58. The zero-order valence-corrected chi connectivity index (χ0v) is 15.3. The molecule has 1 N–H and O–H groups in total. The normalized spacial score (nSPS) is 11.3. The molecule has 1 aromatic heterocycles. The minimum Gasteiger partial charge on any atom is -0.497 e. The van der Waals surface area contributed by atoms with Crippen LogP contribution in [-0.4, -0.2) is 31.4 Å². The van der Waals surface area contributed by atoms with Crippen LogP contribution in [0.15, 0.2) is 57.9 Å². The number of anilines is 1. The Bertz CT molecular complexity index is 964. The van der Waals surface area contributed by atoms with Gasteiger partial charge in [0.05, 0.1) is 24.3 Å². The third kappa shape index (κ3) is 4.02. The molecule has 136 valence electrons. The van der Waals surface area contributed by atoms with Gasteiger partial charge in [0.15, 0.2) is 9.84 Å². The number of sulfone groups is 1. The van der Waals surface area contributed by atoms with Crippen molar-refractivity contribution in [1.29, 1.82) is 0 Å². The maximum atomic E-state index is 11.8. The minimum atomic E-state index is -3.19. The first-order valence-electron chi connectivity index (χ1n) is 8.05. The van der Waals surface area contributed by atoms with Crippen LogP contribution in [0.3, 0.4) is 0 Å². The van der Waals surface area contributed by atoms with E-state index in [4.69, 9.17) is 9.26 Å². The molecule has 0 aliphatic heterocycles. The van der Waals surface area contributed by atoms with Crippen molar-refractivity contribution in [3.05, 3.63) is 54.4 Å². The number of hydrogen-bond donors (Lipinski definition) is 1. The summed E-state index contributed by atoms with van der Waals surface area (Å²) in [5, 5.41) is 7.10. The fourth-order valence-corrected chi connectivity index (χ4v) is 3.19. The van der Waals surface area contributed by atoms with Crippen molar-refractivity contribution < 1.29 is 17.7 Å². The molecule has 0 unspecified atom stereocenters. The molecular weight excluding hydrogens is 354 g/mol. The molecule has 0 radical (unpaired) electrons. The summed E-state index contributed by atoms with van der Waals surface area (Å²) in [6.45, 7) is 1.96. The van der Waals surface area contributed by atoms with Crippen molar-refractivity contribution in [2.45, 2.75) is 18.4 Å². The second kappa shape index (κ2) is 7.57. The SMILES string of the molecule is CCS(=O)(=O)c1ccc(NCc2nc(-c3ccc(OC)cc3)no2)cc1. The van der Waals surface area contributed by atoms with E-state index < -0.39 is 9.84 Å². The van der Waals surface area contributed by atoms with E-state index in [0.29, 0.717) is 23.2 Å². The third-order valence-corrected chi connectivity index (χ3v) is 5.60. The summed E-state index contributed by atoms with van der Waals surface area (Å²) in [5.74, 6) is 1.76. The van der Waals surface area contributed by atoms with Crippen LogP contribution in [0.2, 0.25) is 0 Å². The third-order valence-electron chi connectivity index (χ3n) is 3.85. The van der Waals surface area contributed by atoms with Gasteiger partial charge in [0.2, 0.25) is 11.7 Å². The van der Waals surface area contributed by atoms with Gasteiger partial charge in [0, 0.05) is 11.3 Å². The predicted molar refractivity (Wildman–Crippen MR) is 97.8 cm³/mol. The summed E-state index contributed by atoms with van der Waals surface area (Å²) in [5.41, 5.74) is 1.60. The van der Waals surface area contributed by atoms with Gasteiger partial charge in [-0.05, 0) is 48.5 Å². The Kier molecular flexibility index (Phi) is 5.22. The molecule has 3 rings (SSSR count). The van der Waals surface area contributed by atoms with Gasteiger partial charge >= 0.3 is 0 Å². The van der Waals surface area contributed by atoms with Gasteiger partial charge in [-0.25, -0.2) is 8.42 Å². The number of rotatable bonds is 7. The summed E-state index contributed by atoms with van der Waals surface area (Å²) in [6.07, 6.45) is 0. The van der Waals surface area contributed by atoms with Gasteiger partial charge < -0.3 is 14.6 Å². The Morgan fingerprint density at radius 3 is 2.38 bits per heavy atom. The number of aromatic nitrogens is 2. The van der Waals surface area contributed by atoms with E-state index in [1.165, 1.54) is 0 Å². The first kappa shape index (κ1) is 17.9. The molecule has 8 heteroatoms. The average molecular weight is 373 g/mol. The molecule has 0 aliphatic carbocycles. The van der Waals surface area contributed by atoms with E-state index in [0.717, 1.165) is 17.0 Å². The van der Waals surface area contributed by atoms with E-state index in [-0.39, 0.29) is 5.75 Å². The fraction of sp³-hybridized carbons (Fsp3) is 0.222. The van der Waals surface area contributed by atoms with Crippen LogP contribution in [0, 0.1) is 0 Å². The Morgan fingerprint density at radius 2 is 1.77 bits per heavy atom. The lowest BCUT2D eigenvalue weighted by molar-refractivity contribution is 0.384. The van der Waals surface area contributed by atoms with Crippen molar-refractivity contribution in [3.63, 3.8) is 0 Å². The Morgan fingerprint density at radius 1 is 1.08 bits per heavy atom. The Balaban J connectivity index is 1.64. The average Bonchev–Trinajstić information content (AvgIpc) is 3.16. The zero-order chi connectivity index (χ0) is 18.6. The smallest absolute Gasteiger partial charge is 0.246 e. The highest BCUT2D eigenvalue weighted by atomic mass is 32.2. The molecule has 0 bridgehead atoms. The zero-order valence-electron chi connectivity index (χ0n) is 14.5. The number of benzene rings is 2. The highest BCUT2D eigenvalue weighted by Gasteiger charge is 2.11. The summed E-state index contributed by atoms with van der Waals surface area (Å²) in [6, 6.07) is 14.0. The van der Waals surface area contributed by atoms with Gasteiger partial charge in [0.1, 0.15) is 5.75 Å². The maximum Gasteiger partial charge on any atom is 0.246 e. The monoisotopic (exact) mass is 373 g/mol. The minimum absolute atomic E-state index is 0.0793. The molecule has 0 aliphatic rings. The second-order valence-corrected chi connectivity index (χ2v) is 7.80. The summed E-state index contributed by atoms with van der Waals surface area (Å²) < 4.78 is 34.0. The van der Waals surface area contributed by atoms with E-state index >= 15 is 0 Å². The highest BCUT2D eigenvalue weighted by molar-refractivity contribution is 7.91. The Labute approximate surface area is 151 Å². The molecule has 3 aromatic rings. The van der Waals surface area contributed by atoms with E-state index in [1.807, 2.05) is 24.3 Å². The topological polar surface area (TPSA) is 94.3 Å². The lowest BCUT2D eigenvalue weighted by Gasteiger charge is -2.05. The van der Waals surface area contributed by atoms with Crippen LogP contribution < -0.4 is 10.1 Å². The molecule has 1 heterocycles. The van der Waals surface area contributed by atoms with Gasteiger partial charge in [-0.2, -0.15) is 4.98 Å². The highest BCUT2D eigenvalue weighted by Crippen LogP contribution is 2.20. The van der Waals surface area contributed by atoms with Gasteiger partial charge in [-0.1, -0.05) is 12.1 Å². The molecule has 26 heavy (non-hydrogen) atoms. The van der Waals surface area contributed by atoms with Crippen LogP contribution in [0.1, 0.15) is 12.8 Å². The van der Waals surface area contributed by atoms with Gasteiger partial charge in [-0.3, -0.25) is 0 Å². The van der Waals surface area contributed by atoms with Crippen molar-refractivity contribution in [3.8, 4) is 17.1 Å². The molecular formula is C18H19N3O4S. The molecule has 2 aromatic carbocycles. The standard InChI is InChI=1S/C18H19N3O4S/c1-3-26(22,23)16-10-6-14(7-11-16)19-12-17-20-18(21-25-17)13-4-8-15(24-2)9-5-13/h4-11,19H,3,12H2,1-2H3. The van der Waals surface area contributed by atoms with Crippen LogP contribution in [-0.2, 0) is 16.4 Å². The van der Waals surface area contributed by atoms with E-state index in [9.17, 15) is 8.42 Å². The van der Waals surface area contributed by atoms with Gasteiger partial charge in [-0.15, -0.1) is 0 Å². The molecule has 0 fully saturated rings. The molecule has 0 spiro atoms. The van der Waals surface area contributed by atoms with E-state index in [1.54, 1.807) is 38.3 Å². The first-order chi connectivity index (χ1) is 12.5. The largest absolute Gasteiger partial charge is 0.497 e. The molecule has 7 nitrogen and oxygen atoms in total. The summed E-state index contributed by atoms with van der Waals surface area (Å²) >= 11 is 0. The second-order valence-electron chi connectivity index (χ2n) is 5.52. The summed E-state index contributed by atoms with van der Waals surface area (Å²) in [4.78, 5) is 4.65. The van der Waals surface area contributed by atoms with E-state index in [2.05, 4.69) is 15.5 Å². The maximum absolute atomic E-state index is 11.8. The Hall–Kier alpha value is -2.87. The number of hydrogen-bond acceptors (Lipinski definition) is 7. The lowest BCUT2D eigenvalue weighted by Crippen LogP contribution is -2.04. The van der Waals surface area contributed by atoms with Crippen molar-refractivity contribution in [1.82, 2.24) is 10.1 Å². The number of methoxy groups -OCH3 is 1. The van der Waals surface area contributed by atoms with Gasteiger partial charge in [0.25, 0.3) is 0 Å². The predicted octanol–water partition coefficient (Wildman–Crippen LogP) is 3.15. The van der Waals surface area contributed by atoms with Crippen molar-refractivity contribution in [2.24, 2.45) is 0 Å². The number of nitrogens with zero attached hydrogens (tertiary/aromatic N) is 2. The fourth-order valence-electron chi connectivity index (χ4n) is 2.31. The lowest BCUT2D eigenvalue weighted by atomic mass is 10.2. The molecule has 0 saturated carbocycles. The molecule has 0 atom stereocenters. The van der Waals surface area contributed by atoms with Crippen molar-refractivity contribution in [2.75, 3.05) is 18.2 Å². The number of ether oxygens (including phenoxy) is 1. The van der Waals surface area contributed by atoms with Crippen molar-refractivity contribution >= 4 is 15.5 Å². The number of nitrogens with one attached hydrogen (secondary N) is 1. The van der Waals surface area contributed by atoms with Crippen LogP contribution in [0.4, 0.5) is 5.69 Å². The van der Waals surface area contributed by atoms with Crippen LogP contribution in [0.25, 0.3) is 11.4 Å². The molecule has 0 amide bonds.